The summed E-state index contributed by atoms with van der Waals surface area (Å²) in [6.45, 7) is 2.30. The Morgan fingerprint density at radius 3 is 2.58 bits per heavy atom. The molecule has 0 aliphatic heterocycles. The van der Waals surface area contributed by atoms with E-state index in [1.807, 2.05) is 36.4 Å². The highest BCUT2D eigenvalue weighted by atomic mass is 16.1. The molecule has 0 fully saturated rings. The summed E-state index contributed by atoms with van der Waals surface area (Å²) in [7, 11) is 0. The number of carbonyl (C=O) groups excluding carboxylic acids is 2. The van der Waals surface area contributed by atoms with Crippen LogP contribution in [0, 0.1) is 0 Å². The Morgan fingerprint density at radius 2 is 1.84 bits per heavy atom. The largest absolute Gasteiger partial charge is 0.366 e. The Kier molecular flexibility index (Phi) is 5.57. The molecule has 0 bridgehead atoms. The molecule has 0 unspecified atom stereocenters. The standard InChI is InChI=1S/C22H21N7O2/c1-14(30)24-11-16-12-26-22(28-21(16)25-10-15-6-3-2-4-7-15)29-19-9-5-8-17(20(23)31)18(19)13-27-29/h2-9,12-13H,10-11H2,1H3,(H2,23,31)(H,24,30)(H,25,26,28). The van der Waals surface area contributed by atoms with Gasteiger partial charge in [-0.15, -0.1) is 0 Å². The minimum Gasteiger partial charge on any atom is -0.366 e. The maximum Gasteiger partial charge on any atom is 0.253 e. The van der Waals surface area contributed by atoms with Crippen molar-refractivity contribution >= 4 is 28.5 Å². The van der Waals surface area contributed by atoms with Crippen molar-refractivity contribution in [1.82, 2.24) is 25.1 Å². The lowest BCUT2D eigenvalue weighted by Crippen LogP contribution is -2.21. The summed E-state index contributed by atoms with van der Waals surface area (Å²) < 4.78 is 1.55. The van der Waals surface area contributed by atoms with Gasteiger partial charge in [0, 0.05) is 37.2 Å². The number of anilines is 1. The van der Waals surface area contributed by atoms with Crippen molar-refractivity contribution in [3.63, 3.8) is 0 Å². The van der Waals surface area contributed by atoms with Gasteiger partial charge in [-0.25, -0.2) is 4.98 Å². The first-order valence-corrected chi connectivity index (χ1v) is 9.68. The fraction of sp³-hybridized carbons (Fsp3) is 0.136. The number of fused-ring (bicyclic) bond motifs is 1. The van der Waals surface area contributed by atoms with E-state index in [4.69, 9.17) is 5.73 Å². The van der Waals surface area contributed by atoms with Crippen molar-refractivity contribution in [1.29, 1.82) is 0 Å². The summed E-state index contributed by atoms with van der Waals surface area (Å²) in [6, 6.07) is 15.1. The Labute approximate surface area is 178 Å². The third-order valence-electron chi connectivity index (χ3n) is 4.75. The van der Waals surface area contributed by atoms with Crippen LogP contribution in [0.1, 0.15) is 28.4 Å². The molecule has 0 aliphatic rings. The average Bonchev–Trinajstić information content (AvgIpc) is 3.21. The van der Waals surface area contributed by atoms with Crippen LogP contribution in [0.2, 0.25) is 0 Å². The summed E-state index contributed by atoms with van der Waals surface area (Å²) >= 11 is 0. The summed E-state index contributed by atoms with van der Waals surface area (Å²) in [6.07, 6.45) is 3.22. The van der Waals surface area contributed by atoms with Gasteiger partial charge in [-0.05, 0) is 17.7 Å². The highest BCUT2D eigenvalue weighted by Crippen LogP contribution is 2.22. The summed E-state index contributed by atoms with van der Waals surface area (Å²) in [5.41, 5.74) is 8.35. The highest BCUT2D eigenvalue weighted by molar-refractivity contribution is 6.05. The summed E-state index contributed by atoms with van der Waals surface area (Å²) in [5, 5.41) is 11.1. The van der Waals surface area contributed by atoms with Gasteiger partial charge < -0.3 is 16.4 Å². The Bertz CT molecular complexity index is 1250. The molecule has 0 saturated heterocycles. The monoisotopic (exact) mass is 415 g/mol. The normalized spacial score (nSPS) is 10.7. The van der Waals surface area contributed by atoms with Crippen LogP contribution < -0.4 is 16.4 Å². The van der Waals surface area contributed by atoms with Crippen LogP contribution in [0.5, 0.6) is 0 Å². The van der Waals surface area contributed by atoms with Gasteiger partial charge in [0.05, 0.1) is 17.3 Å². The molecule has 2 aromatic heterocycles. The lowest BCUT2D eigenvalue weighted by Gasteiger charge is -2.13. The molecule has 4 N–H and O–H groups in total. The molecular formula is C22H21N7O2. The van der Waals surface area contributed by atoms with E-state index in [0.717, 1.165) is 11.1 Å². The fourth-order valence-electron chi connectivity index (χ4n) is 3.21. The van der Waals surface area contributed by atoms with Gasteiger partial charge in [-0.1, -0.05) is 36.4 Å². The first-order valence-electron chi connectivity index (χ1n) is 9.68. The molecule has 9 heteroatoms. The lowest BCUT2D eigenvalue weighted by molar-refractivity contribution is -0.119. The molecule has 0 saturated carbocycles. The van der Waals surface area contributed by atoms with Gasteiger partial charge in [0.15, 0.2) is 0 Å². The zero-order valence-corrected chi connectivity index (χ0v) is 16.9. The minimum atomic E-state index is -0.526. The van der Waals surface area contributed by atoms with E-state index in [-0.39, 0.29) is 5.91 Å². The van der Waals surface area contributed by atoms with Crippen molar-refractivity contribution < 1.29 is 9.59 Å². The molecule has 4 aromatic rings. The van der Waals surface area contributed by atoms with E-state index < -0.39 is 5.91 Å². The van der Waals surface area contributed by atoms with Gasteiger partial charge in [-0.2, -0.15) is 14.8 Å². The third-order valence-corrected chi connectivity index (χ3v) is 4.75. The zero-order valence-electron chi connectivity index (χ0n) is 16.9. The number of benzene rings is 2. The minimum absolute atomic E-state index is 0.143. The van der Waals surface area contributed by atoms with Gasteiger partial charge in [0.25, 0.3) is 5.95 Å². The first kappa shape index (κ1) is 20.0. The number of nitrogens with two attached hydrogens (primary N) is 1. The van der Waals surface area contributed by atoms with E-state index in [0.29, 0.717) is 41.3 Å². The number of primary amides is 1. The van der Waals surface area contributed by atoms with Gasteiger partial charge in [0.2, 0.25) is 11.8 Å². The van der Waals surface area contributed by atoms with E-state index in [9.17, 15) is 9.59 Å². The van der Waals surface area contributed by atoms with Crippen LogP contribution in [0.25, 0.3) is 16.9 Å². The molecular weight excluding hydrogens is 394 g/mol. The summed E-state index contributed by atoms with van der Waals surface area (Å²) in [4.78, 5) is 32.2. The molecule has 0 radical (unpaired) electrons. The van der Waals surface area contributed by atoms with Crippen molar-refractivity contribution in [2.24, 2.45) is 5.73 Å². The van der Waals surface area contributed by atoms with E-state index in [1.165, 1.54) is 6.92 Å². The number of hydrogen-bond acceptors (Lipinski definition) is 6. The molecule has 0 atom stereocenters. The molecule has 31 heavy (non-hydrogen) atoms. The van der Waals surface area contributed by atoms with Crippen LogP contribution in [-0.4, -0.2) is 31.6 Å². The number of carbonyl (C=O) groups is 2. The quantitative estimate of drug-likeness (QED) is 0.424. The predicted octanol–water partition coefficient (Wildman–Crippen LogP) is 2.16. The number of nitrogens with zero attached hydrogens (tertiary/aromatic N) is 4. The van der Waals surface area contributed by atoms with E-state index in [1.54, 1.807) is 29.2 Å². The SMILES string of the molecule is CC(=O)NCc1cnc(-n2ncc3c(C(N)=O)cccc32)nc1NCc1ccccc1. The molecule has 9 nitrogen and oxygen atoms in total. The van der Waals surface area contributed by atoms with Crippen molar-refractivity contribution in [3.05, 3.63) is 77.6 Å². The Hall–Kier alpha value is -4.27. The van der Waals surface area contributed by atoms with Crippen LogP contribution in [-0.2, 0) is 17.9 Å². The maximum absolute atomic E-state index is 11.7. The molecule has 4 rings (SSSR count). The number of nitrogens with one attached hydrogen (secondary N) is 2. The van der Waals surface area contributed by atoms with Crippen molar-refractivity contribution in [3.8, 4) is 5.95 Å². The second kappa shape index (κ2) is 8.62. The topological polar surface area (TPSA) is 128 Å². The first-order chi connectivity index (χ1) is 15.0. The fourth-order valence-corrected chi connectivity index (χ4v) is 3.21. The average molecular weight is 415 g/mol. The van der Waals surface area contributed by atoms with E-state index in [2.05, 4.69) is 25.7 Å². The highest BCUT2D eigenvalue weighted by Gasteiger charge is 2.15. The zero-order chi connectivity index (χ0) is 21.8. The lowest BCUT2D eigenvalue weighted by atomic mass is 10.1. The molecule has 0 aliphatic carbocycles. The summed E-state index contributed by atoms with van der Waals surface area (Å²) in [5.74, 6) is 0.244. The van der Waals surface area contributed by atoms with E-state index >= 15 is 0 Å². The number of amides is 2. The van der Waals surface area contributed by atoms with Crippen LogP contribution in [0.15, 0.2) is 60.9 Å². The van der Waals surface area contributed by atoms with Crippen molar-refractivity contribution in [2.75, 3.05) is 5.32 Å². The number of rotatable bonds is 7. The number of hydrogen-bond donors (Lipinski definition) is 3. The molecule has 2 aromatic carbocycles. The Morgan fingerprint density at radius 1 is 1.03 bits per heavy atom. The smallest absolute Gasteiger partial charge is 0.253 e. The Balaban J connectivity index is 1.71. The van der Waals surface area contributed by atoms with Crippen LogP contribution in [0.4, 0.5) is 5.82 Å². The molecule has 2 heterocycles. The second-order valence-electron chi connectivity index (χ2n) is 6.95. The van der Waals surface area contributed by atoms with Gasteiger partial charge in [0.1, 0.15) is 5.82 Å². The van der Waals surface area contributed by atoms with Gasteiger partial charge in [-0.3, -0.25) is 9.59 Å². The van der Waals surface area contributed by atoms with Crippen molar-refractivity contribution in [2.45, 2.75) is 20.0 Å². The third kappa shape index (κ3) is 4.35. The van der Waals surface area contributed by atoms with Crippen LogP contribution in [0.3, 0.4) is 0 Å². The second-order valence-corrected chi connectivity index (χ2v) is 6.95. The van der Waals surface area contributed by atoms with Gasteiger partial charge >= 0.3 is 0 Å². The van der Waals surface area contributed by atoms with Crippen LogP contribution >= 0.6 is 0 Å². The number of aromatic nitrogens is 4. The molecule has 156 valence electrons. The molecule has 2 amide bonds. The predicted molar refractivity (Wildman–Crippen MR) is 116 cm³/mol. The molecule has 0 spiro atoms. The maximum atomic E-state index is 11.7.